The normalized spacial score (nSPS) is 11.1. The van der Waals surface area contributed by atoms with Crippen molar-refractivity contribution in [1.29, 1.82) is 0 Å². The number of hydrogen-bond donors (Lipinski definition) is 1. The van der Waals surface area contributed by atoms with Gasteiger partial charge in [0.25, 0.3) is 5.91 Å². The van der Waals surface area contributed by atoms with Crippen molar-refractivity contribution >= 4 is 11.6 Å². The predicted octanol–water partition coefficient (Wildman–Crippen LogP) is 5.21. The summed E-state index contributed by atoms with van der Waals surface area (Å²) in [6.45, 7) is 6.90. The largest absolute Gasteiger partial charge is 0.489 e. The van der Waals surface area contributed by atoms with E-state index in [4.69, 9.17) is 4.74 Å². The van der Waals surface area contributed by atoms with E-state index in [0.717, 1.165) is 11.3 Å². The summed E-state index contributed by atoms with van der Waals surface area (Å²) in [5.74, 6) is 0.486. The molecule has 0 aliphatic rings. The Hall–Kier alpha value is -3.14. The maximum Gasteiger partial charge on any atom is 0.255 e. The van der Waals surface area contributed by atoms with Gasteiger partial charge in [-0.25, -0.2) is 0 Å². The molecule has 0 saturated heterocycles. The first-order valence-corrected chi connectivity index (χ1v) is 8.95. The van der Waals surface area contributed by atoms with Crippen LogP contribution in [0.4, 0.5) is 5.69 Å². The van der Waals surface area contributed by atoms with Crippen LogP contribution in [0.15, 0.2) is 73.1 Å². The van der Waals surface area contributed by atoms with E-state index in [1.807, 2.05) is 48.5 Å². The monoisotopic (exact) mass is 360 g/mol. The topological polar surface area (TPSA) is 51.2 Å². The summed E-state index contributed by atoms with van der Waals surface area (Å²) in [6.07, 6.45) is 3.49. The highest BCUT2D eigenvalue weighted by Gasteiger charge is 2.13. The van der Waals surface area contributed by atoms with Gasteiger partial charge < -0.3 is 10.1 Å². The van der Waals surface area contributed by atoms with E-state index >= 15 is 0 Å². The summed E-state index contributed by atoms with van der Waals surface area (Å²) in [4.78, 5) is 16.6. The number of aromatic nitrogens is 1. The first-order valence-electron chi connectivity index (χ1n) is 8.95. The summed E-state index contributed by atoms with van der Waals surface area (Å²) < 4.78 is 5.77. The number of nitrogens with zero attached hydrogens (tertiary/aromatic N) is 1. The maximum absolute atomic E-state index is 12.5. The Balaban J connectivity index is 1.64. The van der Waals surface area contributed by atoms with Crippen molar-refractivity contribution in [3.8, 4) is 5.75 Å². The van der Waals surface area contributed by atoms with Gasteiger partial charge in [-0.05, 0) is 47.4 Å². The number of pyridine rings is 1. The van der Waals surface area contributed by atoms with Crippen LogP contribution in [0.5, 0.6) is 5.75 Å². The van der Waals surface area contributed by atoms with Gasteiger partial charge in [-0.1, -0.05) is 45.0 Å². The fourth-order valence-corrected chi connectivity index (χ4v) is 2.63. The molecule has 3 rings (SSSR count). The van der Waals surface area contributed by atoms with Crippen molar-refractivity contribution < 1.29 is 9.53 Å². The van der Waals surface area contributed by atoms with Gasteiger partial charge in [0.2, 0.25) is 0 Å². The lowest BCUT2D eigenvalue weighted by Gasteiger charge is -2.19. The van der Waals surface area contributed by atoms with Crippen LogP contribution in [0, 0.1) is 0 Å². The summed E-state index contributed by atoms with van der Waals surface area (Å²) in [5, 5.41) is 2.93. The lowest BCUT2D eigenvalue weighted by Crippen LogP contribution is -2.13. The number of nitrogens with one attached hydrogen (secondary N) is 1. The molecule has 4 heteroatoms. The van der Waals surface area contributed by atoms with E-state index < -0.39 is 0 Å². The lowest BCUT2D eigenvalue weighted by atomic mass is 9.87. The van der Waals surface area contributed by atoms with Crippen molar-refractivity contribution in [2.24, 2.45) is 0 Å². The third kappa shape index (κ3) is 5.17. The molecule has 0 unspecified atom stereocenters. The SMILES string of the molecule is CC(C)(C)c1ccc(NC(=O)c2cccc(OCc3cccnc3)c2)cc1. The van der Waals surface area contributed by atoms with Gasteiger partial charge >= 0.3 is 0 Å². The van der Waals surface area contributed by atoms with E-state index in [1.54, 1.807) is 24.5 Å². The highest BCUT2D eigenvalue weighted by Crippen LogP contribution is 2.24. The molecule has 0 spiro atoms. The number of ether oxygens (including phenoxy) is 1. The number of rotatable bonds is 5. The Morgan fingerprint density at radius 2 is 1.81 bits per heavy atom. The maximum atomic E-state index is 12.5. The minimum absolute atomic E-state index is 0.0858. The highest BCUT2D eigenvalue weighted by molar-refractivity contribution is 6.04. The summed E-state index contributed by atoms with van der Waals surface area (Å²) in [6, 6.07) is 18.9. The molecule has 0 atom stereocenters. The molecule has 1 heterocycles. The molecule has 3 aromatic rings. The fraction of sp³-hybridized carbons (Fsp3) is 0.217. The molecule has 0 aliphatic carbocycles. The molecule has 1 aromatic heterocycles. The average molecular weight is 360 g/mol. The molecule has 138 valence electrons. The third-order valence-electron chi connectivity index (χ3n) is 4.23. The van der Waals surface area contributed by atoms with Gasteiger partial charge in [0.1, 0.15) is 12.4 Å². The van der Waals surface area contributed by atoms with E-state index in [9.17, 15) is 4.79 Å². The summed E-state index contributed by atoms with van der Waals surface area (Å²) in [5.41, 5.74) is 3.62. The Bertz CT molecular complexity index is 898. The highest BCUT2D eigenvalue weighted by atomic mass is 16.5. The second kappa shape index (κ2) is 8.04. The third-order valence-corrected chi connectivity index (χ3v) is 4.23. The standard InChI is InChI=1S/C23H24N2O2/c1-23(2,3)19-9-11-20(12-10-19)25-22(26)18-7-4-8-21(14-18)27-16-17-6-5-13-24-15-17/h4-15H,16H2,1-3H3,(H,25,26). The number of carbonyl (C=O) groups excluding carboxylic acids is 1. The van der Waals surface area contributed by atoms with Crippen molar-refractivity contribution in [2.45, 2.75) is 32.8 Å². The van der Waals surface area contributed by atoms with Gasteiger partial charge in [-0.15, -0.1) is 0 Å². The van der Waals surface area contributed by atoms with Crippen molar-refractivity contribution in [3.05, 3.63) is 89.7 Å². The molecule has 1 amide bonds. The van der Waals surface area contributed by atoms with Crippen LogP contribution in [0.2, 0.25) is 0 Å². The number of benzene rings is 2. The Morgan fingerprint density at radius 3 is 2.48 bits per heavy atom. The Kier molecular flexibility index (Phi) is 5.55. The number of hydrogen-bond acceptors (Lipinski definition) is 3. The number of anilines is 1. The van der Waals surface area contributed by atoms with Gasteiger partial charge in [0.05, 0.1) is 0 Å². The molecule has 27 heavy (non-hydrogen) atoms. The molecule has 2 aromatic carbocycles. The summed E-state index contributed by atoms with van der Waals surface area (Å²) in [7, 11) is 0. The Labute approximate surface area is 160 Å². The fourth-order valence-electron chi connectivity index (χ4n) is 2.63. The zero-order valence-electron chi connectivity index (χ0n) is 15.9. The van der Waals surface area contributed by atoms with Gasteiger partial charge in [-0.3, -0.25) is 9.78 Å². The first-order chi connectivity index (χ1) is 12.9. The molecule has 0 fully saturated rings. The molecular weight excluding hydrogens is 336 g/mol. The molecule has 1 N–H and O–H groups in total. The number of amides is 1. The van der Waals surface area contributed by atoms with Crippen LogP contribution < -0.4 is 10.1 Å². The van der Waals surface area contributed by atoms with Crippen molar-refractivity contribution in [2.75, 3.05) is 5.32 Å². The van der Waals surface area contributed by atoms with Gasteiger partial charge in [0, 0.05) is 29.2 Å². The van der Waals surface area contributed by atoms with E-state index in [-0.39, 0.29) is 11.3 Å². The van der Waals surface area contributed by atoms with Crippen LogP contribution in [-0.2, 0) is 12.0 Å². The van der Waals surface area contributed by atoms with Crippen molar-refractivity contribution in [3.63, 3.8) is 0 Å². The lowest BCUT2D eigenvalue weighted by molar-refractivity contribution is 0.102. The summed E-state index contributed by atoms with van der Waals surface area (Å²) >= 11 is 0. The minimum Gasteiger partial charge on any atom is -0.489 e. The molecule has 0 saturated carbocycles. The zero-order chi connectivity index (χ0) is 19.3. The van der Waals surface area contributed by atoms with Crippen LogP contribution in [0.1, 0.15) is 42.3 Å². The smallest absolute Gasteiger partial charge is 0.255 e. The van der Waals surface area contributed by atoms with Crippen LogP contribution in [0.25, 0.3) is 0 Å². The van der Waals surface area contributed by atoms with Crippen LogP contribution in [0.3, 0.4) is 0 Å². The van der Waals surface area contributed by atoms with Gasteiger partial charge in [-0.2, -0.15) is 0 Å². The molecule has 0 radical (unpaired) electrons. The quantitative estimate of drug-likeness (QED) is 0.679. The second-order valence-corrected chi connectivity index (χ2v) is 7.46. The van der Waals surface area contributed by atoms with Crippen LogP contribution >= 0.6 is 0 Å². The molecule has 4 nitrogen and oxygen atoms in total. The van der Waals surface area contributed by atoms with E-state index in [1.165, 1.54) is 5.56 Å². The van der Waals surface area contributed by atoms with E-state index in [2.05, 4.69) is 31.1 Å². The molecule has 0 aliphatic heterocycles. The second-order valence-electron chi connectivity index (χ2n) is 7.46. The Morgan fingerprint density at radius 1 is 1.04 bits per heavy atom. The van der Waals surface area contributed by atoms with Gasteiger partial charge in [0.15, 0.2) is 0 Å². The average Bonchev–Trinajstić information content (AvgIpc) is 2.67. The molecular formula is C23H24N2O2. The predicted molar refractivity (Wildman–Crippen MR) is 108 cm³/mol. The zero-order valence-corrected chi connectivity index (χ0v) is 15.9. The first kappa shape index (κ1) is 18.6. The molecule has 0 bridgehead atoms. The van der Waals surface area contributed by atoms with Crippen LogP contribution in [-0.4, -0.2) is 10.9 Å². The van der Waals surface area contributed by atoms with Crippen molar-refractivity contribution in [1.82, 2.24) is 4.98 Å². The number of carbonyl (C=O) groups is 1. The van der Waals surface area contributed by atoms with E-state index in [0.29, 0.717) is 17.9 Å². The minimum atomic E-state index is -0.162.